The molecule has 6 rings (SSSR count). The highest BCUT2D eigenvalue weighted by Crippen LogP contribution is 2.52. The van der Waals surface area contributed by atoms with E-state index in [1.54, 1.807) is 0 Å². The van der Waals surface area contributed by atoms with Gasteiger partial charge in [-0.1, -0.05) is 12.1 Å². The van der Waals surface area contributed by atoms with Crippen LogP contribution in [0.3, 0.4) is 0 Å². The fourth-order valence-electron chi connectivity index (χ4n) is 6.42. The molecule has 54 heavy (non-hydrogen) atoms. The monoisotopic (exact) mass is 763 g/mol. The molecule has 0 radical (unpaired) electrons. The van der Waals surface area contributed by atoms with Crippen molar-refractivity contribution >= 4 is 11.8 Å². The number of fused-ring (bicyclic) bond motifs is 1. The minimum atomic E-state index is -4.11. The number of aryl methyl sites for hydroxylation is 1. The van der Waals surface area contributed by atoms with Crippen molar-refractivity contribution in [2.24, 2.45) is 5.73 Å². The number of rotatable bonds is 10. The Kier molecular flexibility index (Phi) is 10.0. The van der Waals surface area contributed by atoms with Crippen molar-refractivity contribution in [1.82, 2.24) is 20.1 Å². The minimum Gasteiger partial charge on any atom is -0.366 e. The van der Waals surface area contributed by atoms with Crippen LogP contribution in [0.2, 0.25) is 0 Å². The molecule has 2 heterocycles. The van der Waals surface area contributed by atoms with Crippen LogP contribution < -0.4 is 11.1 Å². The molecule has 2 aromatic heterocycles. The second-order valence-electron chi connectivity index (χ2n) is 12.7. The van der Waals surface area contributed by atoms with Gasteiger partial charge < -0.3 is 11.1 Å². The maximum atomic E-state index is 15.1. The third kappa shape index (κ3) is 7.52. The third-order valence-electron chi connectivity index (χ3n) is 8.89. The first-order chi connectivity index (χ1) is 25.3. The van der Waals surface area contributed by atoms with Crippen molar-refractivity contribution < 1.29 is 53.5 Å². The number of nitrogens with one attached hydrogen (secondary N) is 1. The first-order valence-electron chi connectivity index (χ1n) is 16.1. The quantitative estimate of drug-likeness (QED) is 0.139. The van der Waals surface area contributed by atoms with E-state index in [2.05, 4.69) is 15.4 Å². The highest BCUT2D eigenvalue weighted by atomic mass is 19.3. The first kappa shape index (κ1) is 38.0. The molecule has 282 valence electrons. The number of hydrogen-bond acceptors (Lipinski definition) is 4. The number of hydrogen-bond donors (Lipinski definition) is 2. The average Bonchev–Trinajstić information content (AvgIpc) is 3.49. The van der Waals surface area contributed by atoms with Gasteiger partial charge in [-0.05, 0) is 78.6 Å². The van der Waals surface area contributed by atoms with Gasteiger partial charge in [0.2, 0.25) is 5.91 Å². The van der Waals surface area contributed by atoms with Gasteiger partial charge in [-0.15, -0.1) is 0 Å². The van der Waals surface area contributed by atoms with Crippen molar-refractivity contribution in [1.29, 1.82) is 0 Å². The summed E-state index contributed by atoms with van der Waals surface area (Å²) in [5.74, 6) is -14.1. The normalized spacial score (nSPS) is 15.2. The lowest BCUT2D eigenvalue weighted by Crippen LogP contribution is -2.37. The van der Waals surface area contributed by atoms with Crippen LogP contribution >= 0.6 is 0 Å². The summed E-state index contributed by atoms with van der Waals surface area (Å²) < 4.78 is 145. The van der Waals surface area contributed by atoms with Crippen LogP contribution in [0, 0.1) is 30.2 Å². The number of benzene rings is 3. The number of nitrogens with zero attached hydrogens (tertiary/aromatic N) is 3. The molecular weight excluding hydrogens is 736 g/mol. The van der Waals surface area contributed by atoms with E-state index in [0.717, 1.165) is 30.3 Å². The zero-order valence-electron chi connectivity index (χ0n) is 27.8. The Bertz CT molecular complexity index is 2270. The number of carbonyl (C=O) groups excluding carboxylic acids is 2. The zero-order chi connectivity index (χ0) is 39.3. The molecule has 0 aliphatic heterocycles. The van der Waals surface area contributed by atoms with Crippen molar-refractivity contribution in [3.63, 3.8) is 0 Å². The number of amides is 2. The Morgan fingerprint density at radius 2 is 1.48 bits per heavy atom. The second-order valence-corrected chi connectivity index (χ2v) is 12.7. The Labute approximate surface area is 299 Å². The zero-order valence-corrected chi connectivity index (χ0v) is 27.8. The lowest BCUT2D eigenvalue weighted by molar-refractivity contribution is -0.123. The van der Waals surface area contributed by atoms with Crippen LogP contribution in [-0.4, -0.2) is 26.6 Å². The van der Waals surface area contributed by atoms with Gasteiger partial charge in [0, 0.05) is 30.0 Å². The number of halogens is 10. The number of aromatic nitrogens is 3. The van der Waals surface area contributed by atoms with Crippen LogP contribution in [0.1, 0.15) is 69.4 Å². The van der Waals surface area contributed by atoms with E-state index in [1.807, 2.05) is 0 Å². The SMILES string of the molecule is Cc1cc(-c2ccc(-c3ccc(F)c(C(N)=O)c3)nc2C(Cc2cc(F)cc(F)c2)NC(=O)Cn2nc(C(F)F)c3c2C(F)(F)CCC3(F)F)ccc1F. The minimum absolute atomic E-state index is 0.0457. The molecule has 17 heteroatoms. The predicted molar refractivity (Wildman–Crippen MR) is 173 cm³/mol. The van der Waals surface area contributed by atoms with Crippen molar-refractivity contribution in [2.45, 2.75) is 57.0 Å². The van der Waals surface area contributed by atoms with Crippen molar-refractivity contribution in [3.05, 3.63) is 129 Å². The van der Waals surface area contributed by atoms with Gasteiger partial charge >= 0.3 is 0 Å². The average molecular weight is 764 g/mol. The van der Waals surface area contributed by atoms with Crippen LogP contribution in [0.15, 0.2) is 66.7 Å². The van der Waals surface area contributed by atoms with Gasteiger partial charge in [-0.3, -0.25) is 14.3 Å². The molecule has 7 nitrogen and oxygen atoms in total. The summed E-state index contributed by atoms with van der Waals surface area (Å²) in [7, 11) is 0. The summed E-state index contributed by atoms with van der Waals surface area (Å²) in [6, 6.07) is 11.1. The van der Waals surface area contributed by atoms with Crippen molar-refractivity contribution in [2.75, 3.05) is 0 Å². The number of pyridine rings is 1. The van der Waals surface area contributed by atoms with E-state index in [-0.39, 0.29) is 38.3 Å². The fraction of sp³-hybridized carbons (Fsp3) is 0.243. The summed E-state index contributed by atoms with van der Waals surface area (Å²) in [6.07, 6.45) is -7.03. The van der Waals surface area contributed by atoms with Gasteiger partial charge in [0.25, 0.3) is 24.2 Å². The molecule has 0 saturated carbocycles. The molecule has 0 spiro atoms. The molecular formula is C37H27F10N5O2. The van der Waals surface area contributed by atoms with Crippen molar-refractivity contribution in [3.8, 4) is 22.4 Å². The second kappa shape index (κ2) is 14.2. The molecule has 0 bridgehead atoms. The Balaban J connectivity index is 1.50. The molecule has 1 aliphatic carbocycles. The van der Waals surface area contributed by atoms with Crippen LogP contribution in [0.4, 0.5) is 43.9 Å². The van der Waals surface area contributed by atoms with E-state index in [0.29, 0.717) is 11.6 Å². The summed E-state index contributed by atoms with van der Waals surface area (Å²) in [5, 5.41) is 5.78. The summed E-state index contributed by atoms with van der Waals surface area (Å²) in [6.45, 7) is 0.177. The van der Waals surface area contributed by atoms with Gasteiger partial charge in [-0.25, -0.2) is 40.1 Å². The lowest BCUT2D eigenvalue weighted by atomic mass is 9.89. The number of carbonyl (C=O) groups is 2. The molecule has 1 atom stereocenters. The van der Waals surface area contributed by atoms with Crippen LogP contribution in [-0.2, 0) is 29.6 Å². The van der Waals surface area contributed by atoms with E-state index in [9.17, 15) is 44.7 Å². The fourth-order valence-corrected chi connectivity index (χ4v) is 6.42. The number of alkyl halides is 6. The molecule has 1 aliphatic rings. The Morgan fingerprint density at radius 1 is 0.833 bits per heavy atom. The van der Waals surface area contributed by atoms with E-state index in [4.69, 9.17) is 5.73 Å². The van der Waals surface area contributed by atoms with Gasteiger partial charge in [0.1, 0.15) is 41.2 Å². The maximum Gasteiger partial charge on any atom is 0.290 e. The topological polar surface area (TPSA) is 103 Å². The van der Waals surface area contributed by atoms with E-state index >= 15 is 8.78 Å². The molecule has 0 fully saturated rings. The number of primary amides is 1. The standard InChI is InChI=1S/C37H27F10N5O2/c1-17-10-19(2-5-25(17)40)23-4-7-27(20-3-6-26(41)24(14-20)35(48)54)50-31(23)28(13-18-11-21(38)15-22(39)12-18)49-29(53)16-52-33-30(32(51-52)34(42)43)36(44,45)8-9-37(33,46)47/h2-7,10-12,14-15,28,34H,8-9,13,16H2,1H3,(H2,48,54)(H,49,53). The van der Waals surface area contributed by atoms with Crippen LogP contribution in [0.5, 0.6) is 0 Å². The Hall–Kier alpha value is -5.74. The highest BCUT2D eigenvalue weighted by molar-refractivity contribution is 5.94. The van der Waals surface area contributed by atoms with Gasteiger partial charge in [0.05, 0.1) is 28.6 Å². The van der Waals surface area contributed by atoms with E-state index < -0.39 is 108 Å². The van der Waals surface area contributed by atoms with Crippen LogP contribution in [0.25, 0.3) is 22.4 Å². The van der Waals surface area contributed by atoms with E-state index in [1.165, 1.54) is 37.3 Å². The molecule has 0 saturated heterocycles. The maximum absolute atomic E-state index is 15.1. The molecule has 2 amide bonds. The molecule has 1 unspecified atom stereocenters. The van der Waals surface area contributed by atoms with Gasteiger partial charge in [-0.2, -0.15) is 13.9 Å². The largest absolute Gasteiger partial charge is 0.366 e. The lowest BCUT2D eigenvalue weighted by Gasteiger charge is -2.29. The smallest absolute Gasteiger partial charge is 0.290 e. The summed E-state index contributed by atoms with van der Waals surface area (Å²) >= 11 is 0. The number of nitrogens with two attached hydrogens (primary N) is 1. The van der Waals surface area contributed by atoms with Gasteiger partial charge in [0.15, 0.2) is 0 Å². The molecule has 5 aromatic rings. The first-order valence-corrected chi connectivity index (χ1v) is 16.1. The summed E-state index contributed by atoms with van der Waals surface area (Å²) in [5.41, 5.74) is 0.684. The predicted octanol–water partition coefficient (Wildman–Crippen LogP) is 8.59. The third-order valence-corrected chi connectivity index (χ3v) is 8.89. The molecule has 3 N–H and O–H groups in total. The Morgan fingerprint density at radius 3 is 2.13 bits per heavy atom. The highest BCUT2D eigenvalue weighted by Gasteiger charge is 2.55. The molecule has 3 aromatic carbocycles. The summed E-state index contributed by atoms with van der Waals surface area (Å²) in [4.78, 5) is 30.2.